The highest BCUT2D eigenvalue weighted by Gasteiger charge is 2.04. The van der Waals surface area contributed by atoms with E-state index in [4.69, 9.17) is 4.74 Å². The number of aliphatic imine (C=N–C) groups is 1. The van der Waals surface area contributed by atoms with Crippen molar-refractivity contribution in [3.05, 3.63) is 99.6 Å². The molecule has 0 heterocycles. The normalized spacial score (nSPS) is 10.8. The van der Waals surface area contributed by atoms with Crippen molar-refractivity contribution < 1.29 is 9.66 Å². The lowest BCUT2D eigenvalue weighted by atomic mass is 10.2. The molecule has 0 fully saturated rings. The average Bonchev–Trinajstić information content (AvgIpc) is 2.67. The van der Waals surface area contributed by atoms with Crippen molar-refractivity contribution in [2.24, 2.45) is 4.99 Å². The molecule has 5 nitrogen and oxygen atoms in total. The van der Waals surface area contributed by atoms with Crippen LogP contribution in [-0.4, -0.2) is 11.1 Å². The summed E-state index contributed by atoms with van der Waals surface area (Å²) in [5, 5.41) is 10.6. The van der Waals surface area contributed by atoms with Crippen LogP contribution in [0.25, 0.3) is 0 Å². The van der Waals surface area contributed by atoms with Crippen LogP contribution >= 0.6 is 0 Å². The first-order chi connectivity index (χ1) is 12.6. The van der Waals surface area contributed by atoms with Gasteiger partial charge in [0.15, 0.2) is 0 Å². The van der Waals surface area contributed by atoms with Gasteiger partial charge < -0.3 is 4.74 Å². The standard InChI is InChI=1S/C21H18N2O3/c1-16-2-8-19(9-3-16)22-14-17-6-12-21(13-7-17)26-15-18-4-10-20(11-5-18)23(24)25/h2-14H,15H2,1H3. The van der Waals surface area contributed by atoms with Crippen molar-refractivity contribution in [2.45, 2.75) is 13.5 Å². The Morgan fingerprint density at radius 2 is 1.62 bits per heavy atom. The van der Waals surface area contributed by atoms with E-state index in [1.54, 1.807) is 12.1 Å². The van der Waals surface area contributed by atoms with Gasteiger partial charge in [-0.3, -0.25) is 15.1 Å². The van der Waals surface area contributed by atoms with E-state index in [1.807, 2.05) is 61.7 Å². The minimum Gasteiger partial charge on any atom is -0.489 e. The second-order valence-corrected chi connectivity index (χ2v) is 5.88. The van der Waals surface area contributed by atoms with Crippen LogP contribution < -0.4 is 4.74 Å². The first-order valence-corrected chi connectivity index (χ1v) is 8.17. The van der Waals surface area contributed by atoms with Gasteiger partial charge in [-0.15, -0.1) is 0 Å². The molecule has 130 valence electrons. The molecule has 26 heavy (non-hydrogen) atoms. The zero-order valence-corrected chi connectivity index (χ0v) is 14.3. The molecule has 0 aromatic heterocycles. The number of rotatable bonds is 6. The highest BCUT2D eigenvalue weighted by molar-refractivity contribution is 5.82. The molecule has 3 rings (SSSR count). The largest absolute Gasteiger partial charge is 0.489 e. The topological polar surface area (TPSA) is 64.7 Å². The molecule has 0 radical (unpaired) electrons. The molecule has 0 amide bonds. The van der Waals surface area contributed by atoms with Gasteiger partial charge in [-0.1, -0.05) is 17.7 Å². The zero-order chi connectivity index (χ0) is 18.4. The summed E-state index contributed by atoms with van der Waals surface area (Å²) in [6.07, 6.45) is 1.81. The number of nitro groups is 1. The van der Waals surface area contributed by atoms with E-state index in [2.05, 4.69) is 4.99 Å². The Labute approximate surface area is 151 Å². The summed E-state index contributed by atoms with van der Waals surface area (Å²) in [4.78, 5) is 14.7. The van der Waals surface area contributed by atoms with Crippen molar-refractivity contribution in [3.63, 3.8) is 0 Å². The molecule has 0 unspecified atom stereocenters. The predicted octanol–water partition coefficient (Wildman–Crippen LogP) is 5.23. The molecular weight excluding hydrogens is 328 g/mol. The molecule has 0 spiro atoms. The number of ether oxygens (including phenoxy) is 1. The zero-order valence-electron chi connectivity index (χ0n) is 14.3. The third-order valence-corrected chi connectivity index (χ3v) is 3.83. The summed E-state index contributed by atoms with van der Waals surface area (Å²) >= 11 is 0. The lowest BCUT2D eigenvalue weighted by Gasteiger charge is -2.06. The summed E-state index contributed by atoms with van der Waals surface area (Å²) < 4.78 is 5.71. The molecule has 5 heteroatoms. The van der Waals surface area contributed by atoms with E-state index in [1.165, 1.54) is 17.7 Å². The van der Waals surface area contributed by atoms with Gasteiger partial charge in [0.2, 0.25) is 0 Å². The maximum Gasteiger partial charge on any atom is 0.269 e. The Morgan fingerprint density at radius 1 is 0.962 bits per heavy atom. The van der Waals surface area contributed by atoms with Gasteiger partial charge in [-0.05, 0) is 66.6 Å². The van der Waals surface area contributed by atoms with E-state index in [0.29, 0.717) is 6.61 Å². The van der Waals surface area contributed by atoms with Crippen LogP contribution in [0.3, 0.4) is 0 Å². The Kier molecular flexibility index (Phi) is 5.39. The first-order valence-electron chi connectivity index (χ1n) is 8.17. The number of aryl methyl sites for hydroxylation is 1. The summed E-state index contributed by atoms with van der Waals surface area (Å²) in [6, 6.07) is 22.0. The van der Waals surface area contributed by atoms with Crippen LogP contribution in [0, 0.1) is 17.0 Å². The molecule has 0 N–H and O–H groups in total. The molecule has 0 aliphatic heterocycles. The SMILES string of the molecule is Cc1ccc(N=Cc2ccc(OCc3ccc([N+](=O)[O-])cc3)cc2)cc1. The van der Waals surface area contributed by atoms with Crippen LogP contribution in [0.4, 0.5) is 11.4 Å². The van der Waals surface area contributed by atoms with Crippen LogP contribution in [0.15, 0.2) is 77.8 Å². The molecule has 0 aliphatic rings. The maximum atomic E-state index is 10.6. The second-order valence-electron chi connectivity index (χ2n) is 5.88. The lowest BCUT2D eigenvalue weighted by Crippen LogP contribution is -1.96. The van der Waals surface area contributed by atoms with Crippen LogP contribution in [0.2, 0.25) is 0 Å². The first kappa shape index (κ1) is 17.4. The van der Waals surface area contributed by atoms with Gasteiger partial charge in [0, 0.05) is 18.3 Å². The highest BCUT2D eigenvalue weighted by Crippen LogP contribution is 2.17. The van der Waals surface area contributed by atoms with Gasteiger partial charge in [0.1, 0.15) is 12.4 Å². The van der Waals surface area contributed by atoms with Crippen molar-refractivity contribution in [1.82, 2.24) is 0 Å². The smallest absolute Gasteiger partial charge is 0.269 e. The summed E-state index contributed by atoms with van der Waals surface area (Å²) in [7, 11) is 0. The van der Waals surface area contributed by atoms with Crippen molar-refractivity contribution in [1.29, 1.82) is 0 Å². The molecule has 0 saturated carbocycles. The van der Waals surface area contributed by atoms with Crippen LogP contribution in [-0.2, 0) is 6.61 Å². The molecule has 3 aromatic carbocycles. The fourth-order valence-electron chi connectivity index (χ4n) is 2.31. The number of hydrogen-bond acceptors (Lipinski definition) is 4. The molecule has 0 atom stereocenters. The van der Waals surface area contributed by atoms with Gasteiger partial charge in [0.05, 0.1) is 10.6 Å². The van der Waals surface area contributed by atoms with E-state index in [-0.39, 0.29) is 5.69 Å². The molecule has 0 aliphatic carbocycles. The Balaban J connectivity index is 1.57. The fraction of sp³-hybridized carbons (Fsp3) is 0.0952. The van der Waals surface area contributed by atoms with E-state index >= 15 is 0 Å². The summed E-state index contributed by atoms with van der Waals surface area (Å²) in [6.45, 7) is 2.40. The van der Waals surface area contributed by atoms with Gasteiger partial charge in [0.25, 0.3) is 5.69 Å². The Morgan fingerprint density at radius 3 is 2.23 bits per heavy atom. The third kappa shape index (κ3) is 4.77. The monoisotopic (exact) mass is 346 g/mol. The summed E-state index contributed by atoms with van der Waals surface area (Å²) in [5.74, 6) is 0.732. The minimum atomic E-state index is -0.415. The number of hydrogen-bond donors (Lipinski definition) is 0. The number of non-ortho nitro benzene ring substituents is 1. The van der Waals surface area contributed by atoms with E-state index < -0.39 is 4.92 Å². The molecule has 3 aromatic rings. The van der Waals surface area contributed by atoms with E-state index in [0.717, 1.165) is 22.6 Å². The van der Waals surface area contributed by atoms with Crippen molar-refractivity contribution >= 4 is 17.6 Å². The van der Waals surface area contributed by atoms with Gasteiger partial charge in [-0.2, -0.15) is 0 Å². The Hall–Kier alpha value is -3.47. The highest BCUT2D eigenvalue weighted by atomic mass is 16.6. The van der Waals surface area contributed by atoms with E-state index in [9.17, 15) is 10.1 Å². The molecule has 0 bridgehead atoms. The van der Waals surface area contributed by atoms with Gasteiger partial charge >= 0.3 is 0 Å². The molecule has 0 saturated heterocycles. The fourth-order valence-corrected chi connectivity index (χ4v) is 2.31. The van der Waals surface area contributed by atoms with Gasteiger partial charge in [-0.25, -0.2) is 0 Å². The van der Waals surface area contributed by atoms with Crippen LogP contribution in [0.5, 0.6) is 5.75 Å². The number of nitrogens with zero attached hydrogens (tertiary/aromatic N) is 2. The second kappa shape index (κ2) is 8.07. The summed E-state index contributed by atoms with van der Waals surface area (Å²) in [5.41, 5.74) is 4.05. The minimum absolute atomic E-state index is 0.0750. The number of benzene rings is 3. The number of nitro benzene ring substituents is 1. The van der Waals surface area contributed by atoms with Crippen molar-refractivity contribution in [2.75, 3.05) is 0 Å². The maximum absolute atomic E-state index is 10.6. The lowest BCUT2D eigenvalue weighted by molar-refractivity contribution is -0.384. The Bertz CT molecular complexity index is 899. The van der Waals surface area contributed by atoms with Crippen LogP contribution in [0.1, 0.15) is 16.7 Å². The molecular formula is C21H18N2O3. The third-order valence-electron chi connectivity index (χ3n) is 3.83. The van der Waals surface area contributed by atoms with Crippen molar-refractivity contribution in [3.8, 4) is 5.75 Å². The predicted molar refractivity (Wildman–Crippen MR) is 102 cm³/mol. The average molecular weight is 346 g/mol. The quantitative estimate of drug-likeness (QED) is 0.348.